The van der Waals surface area contributed by atoms with Gasteiger partial charge in [-0.3, -0.25) is 0 Å². The van der Waals surface area contributed by atoms with Gasteiger partial charge in [-0.05, 0) is 0 Å². The van der Waals surface area contributed by atoms with E-state index in [0.29, 0.717) is 19.8 Å². The molecule has 1 unspecified atom stereocenters. The summed E-state index contributed by atoms with van der Waals surface area (Å²) in [5, 5.41) is 0. The number of benzene rings is 1. The van der Waals surface area contributed by atoms with Gasteiger partial charge in [-0.25, -0.2) is 0 Å². The van der Waals surface area contributed by atoms with Crippen LogP contribution in [-0.4, -0.2) is 35.5 Å². The second-order valence-electron chi connectivity index (χ2n) is 5.37. The van der Waals surface area contributed by atoms with E-state index in [1.165, 1.54) is 49.4 Å². The van der Waals surface area contributed by atoms with Crippen LogP contribution in [-0.2, 0) is 9.47 Å². The number of ether oxygens (including phenoxy) is 2. The number of hydrogen-bond donors (Lipinski definition) is 0. The summed E-state index contributed by atoms with van der Waals surface area (Å²) in [5.41, 5.74) is 0. The molecule has 0 aromatic heterocycles. The third-order valence-electron chi connectivity index (χ3n) is 3.64. The Kier molecular flexibility index (Phi) is 10.9. The van der Waals surface area contributed by atoms with E-state index in [1.54, 1.807) is 14.2 Å². The normalized spacial score (nSPS) is 12.8. The first-order valence-electron chi connectivity index (χ1n) is 8.09. The molecule has 1 atom stereocenters. The van der Waals surface area contributed by atoms with Gasteiger partial charge in [-0.2, -0.15) is 0 Å². The maximum absolute atomic E-state index is 5.52. The number of rotatable bonds is 12. The Bertz CT molecular complexity index is 338. The van der Waals surface area contributed by atoms with Gasteiger partial charge in [-0.1, -0.05) is 0 Å². The molecule has 0 aliphatic carbocycles. The zero-order chi connectivity index (χ0) is 15.3. The number of unbranched alkanes of at least 4 members (excludes halogenated alkanes) is 5. The average molecular weight is 357 g/mol. The third-order valence-corrected chi connectivity index (χ3v) is 6.38. The summed E-state index contributed by atoms with van der Waals surface area (Å²) in [6.45, 7) is 2.26. The van der Waals surface area contributed by atoms with Crippen molar-refractivity contribution in [1.29, 1.82) is 0 Å². The Morgan fingerprint density at radius 3 is 2.14 bits per heavy atom. The standard InChI is InChI=1S/C18H30O2Se/c1-4-5-6-7-8-12-15-17(18(19-2)20-3)21-16-13-10-9-11-14-16/h9-11,13-14,17-18H,4-8,12,15H2,1-3H3. The summed E-state index contributed by atoms with van der Waals surface area (Å²) in [6.07, 6.45) is 9.18. The molecule has 1 rings (SSSR count). The quantitative estimate of drug-likeness (QED) is 0.317. The van der Waals surface area contributed by atoms with Crippen LogP contribution in [0.2, 0.25) is 4.82 Å². The molecular formula is C18H30O2Se. The fourth-order valence-electron chi connectivity index (χ4n) is 2.45. The van der Waals surface area contributed by atoms with Crippen molar-refractivity contribution in [3.05, 3.63) is 30.3 Å². The Hall–Kier alpha value is -0.341. The molecule has 0 amide bonds. The van der Waals surface area contributed by atoms with Crippen molar-refractivity contribution in [3.8, 4) is 0 Å². The fraction of sp³-hybridized carbons (Fsp3) is 0.667. The predicted molar refractivity (Wildman–Crippen MR) is 91.4 cm³/mol. The molecule has 0 aliphatic heterocycles. The van der Waals surface area contributed by atoms with Crippen LogP contribution in [0.15, 0.2) is 30.3 Å². The van der Waals surface area contributed by atoms with E-state index in [-0.39, 0.29) is 6.29 Å². The van der Waals surface area contributed by atoms with Gasteiger partial charge in [0.25, 0.3) is 0 Å². The number of methoxy groups -OCH3 is 2. The SMILES string of the molecule is CCCCCCCCC([Se]c1ccccc1)C(OC)OC. The van der Waals surface area contributed by atoms with Gasteiger partial charge in [0.05, 0.1) is 0 Å². The molecule has 2 nitrogen and oxygen atoms in total. The first-order valence-corrected chi connectivity index (χ1v) is 9.93. The Morgan fingerprint density at radius 2 is 1.52 bits per heavy atom. The molecule has 0 saturated carbocycles. The molecule has 3 heteroatoms. The summed E-state index contributed by atoms with van der Waals surface area (Å²) in [6, 6.07) is 10.8. The number of hydrogen-bond acceptors (Lipinski definition) is 2. The van der Waals surface area contributed by atoms with E-state index in [0.717, 1.165) is 0 Å². The third kappa shape index (κ3) is 8.01. The first kappa shape index (κ1) is 18.7. The molecule has 0 fully saturated rings. The second kappa shape index (κ2) is 12.2. The van der Waals surface area contributed by atoms with Crippen LogP contribution in [0.25, 0.3) is 0 Å². The van der Waals surface area contributed by atoms with Crippen molar-refractivity contribution in [2.45, 2.75) is 63.0 Å². The van der Waals surface area contributed by atoms with Crippen LogP contribution < -0.4 is 4.46 Å². The summed E-state index contributed by atoms with van der Waals surface area (Å²) < 4.78 is 12.5. The van der Waals surface area contributed by atoms with Gasteiger partial charge in [0.15, 0.2) is 0 Å². The predicted octanol–water partition coefficient (Wildman–Crippen LogP) is 4.17. The molecule has 0 heterocycles. The van der Waals surface area contributed by atoms with Gasteiger partial charge in [-0.15, -0.1) is 0 Å². The molecule has 0 saturated heterocycles. The summed E-state index contributed by atoms with van der Waals surface area (Å²) in [7, 11) is 3.51. The van der Waals surface area contributed by atoms with Crippen molar-refractivity contribution in [3.63, 3.8) is 0 Å². The fourth-order valence-corrected chi connectivity index (χ4v) is 5.14. The molecule has 0 radical (unpaired) electrons. The van der Waals surface area contributed by atoms with Gasteiger partial charge >= 0.3 is 136 Å². The van der Waals surface area contributed by atoms with E-state index in [4.69, 9.17) is 9.47 Å². The van der Waals surface area contributed by atoms with E-state index in [2.05, 4.69) is 37.3 Å². The molecule has 0 spiro atoms. The molecular weight excluding hydrogens is 327 g/mol. The van der Waals surface area contributed by atoms with Crippen LogP contribution in [0.3, 0.4) is 0 Å². The monoisotopic (exact) mass is 358 g/mol. The van der Waals surface area contributed by atoms with E-state index in [9.17, 15) is 0 Å². The maximum atomic E-state index is 5.52. The summed E-state index contributed by atoms with van der Waals surface area (Å²) >= 11 is 0.404. The van der Waals surface area contributed by atoms with Crippen molar-refractivity contribution in [1.82, 2.24) is 0 Å². The Balaban J connectivity index is 2.41. The Labute approximate surface area is 136 Å². The van der Waals surface area contributed by atoms with E-state index in [1.807, 2.05) is 0 Å². The second-order valence-corrected chi connectivity index (χ2v) is 8.12. The van der Waals surface area contributed by atoms with Crippen LogP contribution in [0.4, 0.5) is 0 Å². The summed E-state index contributed by atoms with van der Waals surface area (Å²) in [5.74, 6) is 0. The van der Waals surface area contributed by atoms with Crippen LogP contribution in [0, 0.1) is 0 Å². The summed E-state index contributed by atoms with van der Waals surface area (Å²) in [4.78, 5) is 0.501. The van der Waals surface area contributed by atoms with Gasteiger partial charge < -0.3 is 0 Å². The van der Waals surface area contributed by atoms with Crippen molar-refractivity contribution in [2.75, 3.05) is 14.2 Å². The van der Waals surface area contributed by atoms with Crippen LogP contribution >= 0.6 is 0 Å². The average Bonchev–Trinajstić information content (AvgIpc) is 2.52. The van der Waals surface area contributed by atoms with Gasteiger partial charge in [0.1, 0.15) is 0 Å². The van der Waals surface area contributed by atoms with Crippen LogP contribution in [0.1, 0.15) is 51.9 Å². The molecule has 0 aliphatic rings. The van der Waals surface area contributed by atoms with Crippen LogP contribution in [0.5, 0.6) is 0 Å². The minimum atomic E-state index is -0.0687. The van der Waals surface area contributed by atoms with Crippen molar-refractivity contribution < 1.29 is 9.47 Å². The molecule has 1 aromatic rings. The first-order chi connectivity index (χ1) is 10.3. The molecule has 21 heavy (non-hydrogen) atoms. The van der Waals surface area contributed by atoms with E-state index < -0.39 is 0 Å². The molecule has 120 valence electrons. The molecule has 0 N–H and O–H groups in total. The minimum absolute atomic E-state index is 0.0687. The van der Waals surface area contributed by atoms with Crippen molar-refractivity contribution >= 4 is 19.4 Å². The van der Waals surface area contributed by atoms with Crippen molar-refractivity contribution in [2.24, 2.45) is 0 Å². The topological polar surface area (TPSA) is 18.5 Å². The van der Waals surface area contributed by atoms with Gasteiger partial charge in [0, 0.05) is 0 Å². The zero-order valence-electron chi connectivity index (χ0n) is 13.7. The zero-order valence-corrected chi connectivity index (χ0v) is 15.4. The van der Waals surface area contributed by atoms with Gasteiger partial charge in [0.2, 0.25) is 0 Å². The molecule has 0 bridgehead atoms. The Morgan fingerprint density at radius 1 is 0.905 bits per heavy atom. The molecule has 1 aromatic carbocycles. The van der Waals surface area contributed by atoms with E-state index >= 15 is 0 Å².